The molecule has 3 rings (SSSR count). The molecule has 1 saturated heterocycles. The fourth-order valence-electron chi connectivity index (χ4n) is 3.44. The fraction of sp³-hybridized carbons (Fsp3) is 0.500. The van der Waals surface area contributed by atoms with Crippen molar-refractivity contribution in [3.8, 4) is 0 Å². The average molecular weight is 288 g/mol. The van der Waals surface area contributed by atoms with E-state index < -0.39 is 6.09 Å². The second kappa shape index (κ2) is 5.76. The molecule has 2 unspecified atom stereocenters. The van der Waals surface area contributed by atoms with E-state index in [1.807, 2.05) is 30.3 Å². The van der Waals surface area contributed by atoms with E-state index in [2.05, 4.69) is 10.6 Å². The summed E-state index contributed by atoms with van der Waals surface area (Å²) < 4.78 is 5.20. The normalized spacial score (nSPS) is 27.0. The summed E-state index contributed by atoms with van der Waals surface area (Å²) in [6.07, 6.45) is 3.24. The first-order valence-electron chi connectivity index (χ1n) is 7.43. The number of nitrogens with one attached hydrogen (secondary N) is 2. The maximum Gasteiger partial charge on any atom is 0.407 e. The van der Waals surface area contributed by atoms with Crippen LogP contribution in [-0.2, 0) is 16.1 Å². The Kier molecular flexibility index (Phi) is 3.82. The maximum absolute atomic E-state index is 11.8. The highest BCUT2D eigenvalue weighted by molar-refractivity contribution is 5.80. The largest absolute Gasteiger partial charge is 0.445 e. The maximum atomic E-state index is 11.8. The van der Waals surface area contributed by atoms with Crippen LogP contribution in [0.4, 0.5) is 4.79 Å². The Morgan fingerprint density at radius 1 is 1.38 bits per heavy atom. The van der Waals surface area contributed by atoms with Gasteiger partial charge in [-0.3, -0.25) is 4.79 Å². The van der Waals surface area contributed by atoms with Crippen LogP contribution in [0.15, 0.2) is 30.3 Å². The summed E-state index contributed by atoms with van der Waals surface area (Å²) in [5.41, 5.74) is 0.710. The minimum absolute atomic E-state index is 0.0964. The predicted octanol–water partition coefficient (Wildman–Crippen LogP) is 1.97. The van der Waals surface area contributed by atoms with Gasteiger partial charge in [0.05, 0.1) is 5.54 Å². The predicted molar refractivity (Wildman–Crippen MR) is 77.5 cm³/mol. The SMILES string of the molecule is O=C1CC2CCCC2(CNC(=O)OCc2ccccc2)N1. The fourth-order valence-corrected chi connectivity index (χ4v) is 3.44. The lowest BCUT2D eigenvalue weighted by atomic mass is 9.89. The van der Waals surface area contributed by atoms with E-state index in [1.165, 1.54) is 0 Å². The van der Waals surface area contributed by atoms with E-state index in [-0.39, 0.29) is 18.1 Å². The van der Waals surface area contributed by atoms with E-state index >= 15 is 0 Å². The molecule has 2 amide bonds. The second-order valence-corrected chi connectivity index (χ2v) is 5.91. The van der Waals surface area contributed by atoms with Gasteiger partial charge >= 0.3 is 6.09 Å². The van der Waals surface area contributed by atoms with E-state index in [1.54, 1.807) is 0 Å². The number of ether oxygens (including phenoxy) is 1. The van der Waals surface area contributed by atoms with Crippen LogP contribution < -0.4 is 10.6 Å². The van der Waals surface area contributed by atoms with Crippen LogP contribution in [0.5, 0.6) is 0 Å². The van der Waals surface area contributed by atoms with Gasteiger partial charge in [0.1, 0.15) is 6.61 Å². The lowest BCUT2D eigenvalue weighted by Crippen LogP contribution is -2.52. The quantitative estimate of drug-likeness (QED) is 0.890. The molecule has 2 atom stereocenters. The van der Waals surface area contributed by atoms with Crippen LogP contribution >= 0.6 is 0 Å². The number of amides is 2. The molecule has 1 aromatic carbocycles. The number of hydrogen-bond acceptors (Lipinski definition) is 3. The molecule has 0 spiro atoms. The summed E-state index contributed by atoms with van der Waals surface area (Å²) in [6, 6.07) is 9.57. The summed E-state index contributed by atoms with van der Waals surface area (Å²) >= 11 is 0. The van der Waals surface area contributed by atoms with Crippen LogP contribution in [0.25, 0.3) is 0 Å². The highest BCUT2D eigenvalue weighted by atomic mass is 16.5. The zero-order valence-electron chi connectivity index (χ0n) is 11.9. The second-order valence-electron chi connectivity index (χ2n) is 5.91. The van der Waals surface area contributed by atoms with Crippen molar-refractivity contribution in [1.29, 1.82) is 0 Å². The van der Waals surface area contributed by atoms with Crippen molar-refractivity contribution < 1.29 is 14.3 Å². The first-order chi connectivity index (χ1) is 10.2. The average Bonchev–Trinajstić information content (AvgIpc) is 3.00. The molecule has 5 heteroatoms. The zero-order chi connectivity index (χ0) is 14.7. The molecule has 112 valence electrons. The van der Waals surface area contributed by atoms with Gasteiger partial charge in [0, 0.05) is 13.0 Å². The van der Waals surface area contributed by atoms with Gasteiger partial charge in [-0.15, -0.1) is 0 Å². The van der Waals surface area contributed by atoms with Gasteiger partial charge in [0.15, 0.2) is 0 Å². The van der Waals surface area contributed by atoms with Crippen molar-refractivity contribution in [1.82, 2.24) is 10.6 Å². The number of hydrogen-bond donors (Lipinski definition) is 2. The van der Waals surface area contributed by atoms with Gasteiger partial charge in [-0.25, -0.2) is 4.79 Å². The molecule has 0 bridgehead atoms. The molecule has 2 fully saturated rings. The summed E-state index contributed by atoms with van der Waals surface area (Å²) in [5, 5.41) is 5.85. The van der Waals surface area contributed by atoms with Gasteiger partial charge in [-0.2, -0.15) is 0 Å². The lowest BCUT2D eigenvalue weighted by Gasteiger charge is -2.29. The zero-order valence-corrected chi connectivity index (χ0v) is 11.9. The summed E-state index contributed by atoms with van der Waals surface area (Å²) in [6.45, 7) is 0.715. The summed E-state index contributed by atoms with van der Waals surface area (Å²) in [7, 11) is 0. The van der Waals surface area contributed by atoms with Crippen LogP contribution in [0, 0.1) is 5.92 Å². The standard InChI is InChI=1S/C16H20N2O3/c19-14-9-13-7-4-8-16(13,18-14)11-17-15(20)21-10-12-5-2-1-3-6-12/h1-3,5-6,13H,4,7-11H2,(H,17,20)(H,18,19). The summed E-state index contributed by atoms with van der Waals surface area (Å²) in [5.74, 6) is 0.443. The first-order valence-corrected chi connectivity index (χ1v) is 7.43. The molecule has 1 aliphatic heterocycles. The number of carbonyl (C=O) groups excluding carboxylic acids is 2. The van der Waals surface area contributed by atoms with Gasteiger partial charge in [0.25, 0.3) is 0 Å². The van der Waals surface area contributed by atoms with Gasteiger partial charge < -0.3 is 15.4 Å². The molecule has 5 nitrogen and oxygen atoms in total. The highest BCUT2D eigenvalue weighted by Gasteiger charge is 2.49. The minimum atomic E-state index is -0.431. The Labute approximate surface area is 124 Å². The number of alkyl carbamates (subject to hydrolysis) is 1. The van der Waals surface area contributed by atoms with Crippen LogP contribution in [-0.4, -0.2) is 24.1 Å². The van der Waals surface area contributed by atoms with E-state index in [0.717, 1.165) is 24.8 Å². The van der Waals surface area contributed by atoms with Crippen LogP contribution in [0.1, 0.15) is 31.2 Å². The van der Waals surface area contributed by atoms with Gasteiger partial charge in [-0.05, 0) is 24.3 Å². The van der Waals surface area contributed by atoms with E-state index in [0.29, 0.717) is 18.9 Å². The third kappa shape index (κ3) is 3.01. The van der Waals surface area contributed by atoms with Crippen molar-refractivity contribution in [3.05, 3.63) is 35.9 Å². The molecule has 0 radical (unpaired) electrons. The van der Waals surface area contributed by atoms with Crippen molar-refractivity contribution in [2.24, 2.45) is 5.92 Å². The van der Waals surface area contributed by atoms with Crippen molar-refractivity contribution in [2.45, 2.75) is 37.8 Å². The monoisotopic (exact) mass is 288 g/mol. The highest BCUT2D eigenvalue weighted by Crippen LogP contribution is 2.41. The topological polar surface area (TPSA) is 67.4 Å². The molecule has 2 aliphatic rings. The molecule has 21 heavy (non-hydrogen) atoms. The molecule has 1 aliphatic carbocycles. The molecular formula is C16H20N2O3. The molecule has 2 N–H and O–H groups in total. The van der Waals surface area contributed by atoms with Crippen LogP contribution in [0.2, 0.25) is 0 Å². The Morgan fingerprint density at radius 3 is 3.00 bits per heavy atom. The molecule has 0 aromatic heterocycles. The number of benzene rings is 1. The first kappa shape index (κ1) is 13.9. The van der Waals surface area contributed by atoms with Crippen molar-refractivity contribution in [3.63, 3.8) is 0 Å². The molecule has 1 saturated carbocycles. The molecule has 1 aromatic rings. The minimum Gasteiger partial charge on any atom is -0.445 e. The Balaban J connectivity index is 1.48. The van der Waals surface area contributed by atoms with E-state index in [9.17, 15) is 9.59 Å². The third-order valence-electron chi connectivity index (χ3n) is 4.54. The Morgan fingerprint density at radius 2 is 2.19 bits per heavy atom. The number of rotatable bonds is 4. The molecular weight excluding hydrogens is 268 g/mol. The lowest BCUT2D eigenvalue weighted by molar-refractivity contribution is -0.120. The van der Waals surface area contributed by atoms with E-state index in [4.69, 9.17) is 4.74 Å². The smallest absolute Gasteiger partial charge is 0.407 e. The van der Waals surface area contributed by atoms with Crippen LogP contribution in [0.3, 0.4) is 0 Å². The third-order valence-corrected chi connectivity index (χ3v) is 4.54. The molecule has 1 heterocycles. The Hall–Kier alpha value is -2.04. The van der Waals surface area contributed by atoms with Gasteiger partial charge in [0.2, 0.25) is 5.91 Å². The van der Waals surface area contributed by atoms with Crippen molar-refractivity contribution >= 4 is 12.0 Å². The van der Waals surface area contributed by atoms with Gasteiger partial charge in [-0.1, -0.05) is 36.8 Å². The number of carbonyl (C=O) groups is 2. The Bertz CT molecular complexity index is 532. The number of fused-ring (bicyclic) bond motifs is 1. The summed E-state index contributed by atoms with van der Waals surface area (Å²) in [4.78, 5) is 23.4. The van der Waals surface area contributed by atoms with Crippen molar-refractivity contribution in [2.75, 3.05) is 6.54 Å².